The van der Waals surface area contributed by atoms with E-state index in [1.807, 2.05) is 0 Å². The van der Waals surface area contributed by atoms with Crippen molar-refractivity contribution in [2.45, 2.75) is 326 Å². The molecular formula is C54H107NO9. The maximum absolute atomic E-state index is 13.1. The number of aliphatic hydroxyl groups excluding tert-OH is 6. The Morgan fingerprint density at radius 1 is 0.484 bits per heavy atom. The first-order valence-electron chi connectivity index (χ1n) is 27.8. The number of hydrogen-bond donors (Lipinski definition) is 7. The van der Waals surface area contributed by atoms with Gasteiger partial charge in [0.05, 0.1) is 25.4 Å². The van der Waals surface area contributed by atoms with Gasteiger partial charge in [0.2, 0.25) is 5.91 Å². The smallest absolute Gasteiger partial charge is 0.220 e. The minimum Gasteiger partial charge on any atom is -0.394 e. The van der Waals surface area contributed by atoms with Gasteiger partial charge in [-0.05, 0) is 12.8 Å². The van der Waals surface area contributed by atoms with Gasteiger partial charge in [0.15, 0.2) is 6.29 Å². The van der Waals surface area contributed by atoms with Crippen LogP contribution < -0.4 is 5.32 Å². The Morgan fingerprint density at radius 2 is 0.812 bits per heavy atom. The van der Waals surface area contributed by atoms with Gasteiger partial charge in [-0.1, -0.05) is 258 Å². The van der Waals surface area contributed by atoms with Gasteiger partial charge in [0, 0.05) is 6.42 Å². The number of nitrogens with one attached hydrogen (secondary N) is 1. The van der Waals surface area contributed by atoms with Crippen LogP contribution in [-0.2, 0) is 14.3 Å². The molecule has 1 aliphatic heterocycles. The molecular weight excluding hydrogens is 807 g/mol. The highest BCUT2D eigenvalue weighted by molar-refractivity contribution is 5.76. The van der Waals surface area contributed by atoms with Crippen LogP contribution in [0.3, 0.4) is 0 Å². The van der Waals surface area contributed by atoms with Crippen LogP contribution in [0.2, 0.25) is 0 Å². The second kappa shape index (κ2) is 44.6. The van der Waals surface area contributed by atoms with E-state index >= 15 is 0 Å². The molecule has 10 heteroatoms. The fraction of sp³-hybridized carbons (Fsp3) is 0.981. The molecule has 1 aliphatic rings. The summed E-state index contributed by atoms with van der Waals surface area (Å²) in [6.45, 7) is 3.65. The van der Waals surface area contributed by atoms with Gasteiger partial charge in [-0.2, -0.15) is 0 Å². The molecule has 382 valence electrons. The minimum absolute atomic E-state index is 0.251. The Kier molecular flexibility index (Phi) is 42.7. The van der Waals surface area contributed by atoms with Gasteiger partial charge < -0.3 is 45.4 Å². The van der Waals surface area contributed by atoms with Gasteiger partial charge in [0.25, 0.3) is 0 Å². The van der Waals surface area contributed by atoms with Crippen LogP contribution in [0.15, 0.2) is 0 Å². The molecule has 8 atom stereocenters. The highest BCUT2D eigenvalue weighted by Crippen LogP contribution is 2.23. The summed E-state index contributed by atoms with van der Waals surface area (Å²) in [5, 5.41) is 65.5. The van der Waals surface area contributed by atoms with Crippen molar-refractivity contribution in [2.24, 2.45) is 0 Å². The monoisotopic (exact) mass is 914 g/mol. The molecule has 0 aromatic rings. The van der Waals surface area contributed by atoms with Crippen LogP contribution in [0.25, 0.3) is 0 Å². The molecule has 0 spiro atoms. The molecule has 1 fully saturated rings. The van der Waals surface area contributed by atoms with Crippen molar-refractivity contribution in [2.75, 3.05) is 13.2 Å². The highest BCUT2D eigenvalue weighted by Gasteiger charge is 2.44. The Labute approximate surface area is 394 Å². The SMILES string of the molecule is CCCCCCCCCCCCCCCCCCCCCCCCCCC(=O)N[C@@H](CO[C@@H]1O[C@H](CO)[C@@H](O)C(O)C1O)[C@H](O)[C@H](O)CCCCCCCCCCCCCCCCC. The third kappa shape index (κ3) is 33.6. The fourth-order valence-electron chi connectivity index (χ4n) is 9.32. The van der Waals surface area contributed by atoms with Crippen LogP contribution >= 0.6 is 0 Å². The molecule has 0 bridgehead atoms. The lowest BCUT2D eigenvalue weighted by Gasteiger charge is -2.40. The zero-order valence-corrected chi connectivity index (χ0v) is 41.9. The second-order valence-corrected chi connectivity index (χ2v) is 19.9. The zero-order valence-electron chi connectivity index (χ0n) is 41.9. The average molecular weight is 914 g/mol. The van der Waals surface area contributed by atoms with Crippen LogP contribution in [0, 0.1) is 0 Å². The maximum Gasteiger partial charge on any atom is 0.220 e. The van der Waals surface area contributed by atoms with Gasteiger partial charge in [0.1, 0.15) is 30.5 Å². The Bertz CT molecular complexity index is 988. The second-order valence-electron chi connectivity index (χ2n) is 19.9. The predicted molar refractivity (Wildman–Crippen MR) is 264 cm³/mol. The van der Waals surface area contributed by atoms with Gasteiger partial charge in [-0.3, -0.25) is 4.79 Å². The van der Waals surface area contributed by atoms with Crippen molar-refractivity contribution >= 4 is 5.91 Å². The Hall–Kier alpha value is -0.850. The highest BCUT2D eigenvalue weighted by atomic mass is 16.7. The number of carbonyl (C=O) groups is 1. The fourth-order valence-corrected chi connectivity index (χ4v) is 9.32. The molecule has 1 amide bonds. The third-order valence-electron chi connectivity index (χ3n) is 13.8. The van der Waals surface area contributed by atoms with Crippen molar-refractivity contribution in [3.05, 3.63) is 0 Å². The quantitative estimate of drug-likeness (QED) is 0.0294. The molecule has 1 heterocycles. The molecule has 2 unspecified atom stereocenters. The summed E-state index contributed by atoms with van der Waals surface area (Å²) in [5.74, 6) is -0.251. The summed E-state index contributed by atoms with van der Waals surface area (Å²) < 4.78 is 11.2. The largest absolute Gasteiger partial charge is 0.394 e. The normalized spacial score (nSPS) is 20.4. The molecule has 1 saturated heterocycles. The standard InChI is InChI=1S/C54H107NO9/c1-3-5-7-9-11-13-15-17-19-20-21-22-23-24-25-26-27-29-31-33-35-37-39-41-43-49(58)55-46(45-63-54-53(62)52(61)51(60)48(44-56)64-54)50(59)47(57)42-40-38-36-34-32-30-28-18-16-14-12-10-8-6-4-2/h46-48,50-54,56-57,59-62H,3-45H2,1-2H3,(H,55,58)/t46-,47+,48+,50-,51+,52?,53?,54+/m0/s1. The topological polar surface area (TPSA) is 169 Å². The van der Waals surface area contributed by atoms with Crippen LogP contribution in [-0.4, -0.2) is 98.7 Å². The lowest BCUT2D eigenvalue weighted by atomic mass is 9.98. The number of rotatable bonds is 48. The van der Waals surface area contributed by atoms with E-state index in [4.69, 9.17) is 9.47 Å². The molecule has 0 aromatic heterocycles. The van der Waals surface area contributed by atoms with Crippen LogP contribution in [0.4, 0.5) is 0 Å². The van der Waals surface area contributed by atoms with E-state index in [1.165, 1.54) is 212 Å². The predicted octanol–water partition coefficient (Wildman–Crippen LogP) is 12.0. The summed E-state index contributed by atoms with van der Waals surface area (Å²) in [4.78, 5) is 13.1. The summed E-state index contributed by atoms with van der Waals surface area (Å²) in [6, 6.07) is -0.986. The molecule has 1 rings (SSSR count). The van der Waals surface area contributed by atoms with Gasteiger partial charge in [-0.15, -0.1) is 0 Å². The van der Waals surface area contributed by atoms with E-state index in [0.29, 0.717) is 6.42 Å². The lowest BCUT2D eigenvalue weighted by molar-refractivity contribution is -0.303. The van der Waals surface area contributed by atoms with E-state index in [2.05, 4.69) is 19.2 Å². The van der Waals surface area contributed by atoms with Crippen LogP contribution in [0.1, 0.15) is 277 Å². The number of ether oxygens (including phenoxy) is 2. The molecule has 64 heavy (non-hydrogen) atoms. The van der Waals surface area contributed by atoms with E-state index in [-0.39, 0.29) is 18.9 Å². The molecule has 0 saturated carbocycles. The number of unbranched alkanes of at least 4 members (excludes halogenated alkanes) is 37. The zero-order chi connectivity index (χ0) is 46.7. The molecule has 10 nitrogen and oxygen atoms in total. The number of carbonyl (C=O) groups excluding carboxylic acids is 1. The Balaban J connectivity index is 2.24. The van der Waals surface area contributed by atoms with E-state index < -0.39 is 55.6 Å². The molecule has 0 aromatic carbocycles. The molecule has 0 radical (unpaired) electrons. The third-order valence-corrected chi connectivity index (χ3v) is 13.8. The summed E-state index contributed by atoms with van der Waals surface area (Å²) in [7, 11) is 0. The molecule has 0 aliphatic carbocycles. The maximum atomic E-state index is 13.1. The van der Waals surface area contributed by atoms with Crippen molar-refractivity contribution < 1.29 is 44.9 Å². The van der Waals surface area contributed by atoms with Crippen molar-refractivity contribution in [3.8, 4) is 0 Å². The van der Waals surface area contributed by atoms with E-state index in [1.54, 1.807) is 0 Å². The van der Waals surface area contributed by atoms with Gasteiger partial charge in [-0.25, -0.2) is 0 Å². The summed E-state index contributed by atoms with van der Waals surface area (Å²) in [6.07, 6.45) is 41.2. The molecule has 7 N–H and O–H groups in total. The van der Waals surface area contributed by atoms with Crippen molar-refractivity contribution in [1.29, 1.82) is 0 Å². The summed E-state index contributed by atoms with van der Waals surface area (Å²) in [5.41, 5.74) is 0. The Morgan fingerprint density at radius 3 is 1.16 bits per heavy atom. The van der Waals surface area contributed by atoms with Crippen molar-refractivity contribution in [3.63, 3.8) is 0 Å². The minimum atomic E-state index is -1.60. The van der Waals surface area contributed by atoms with E-state index in [9.17, 15) is 35.4 Å². The average Bonchev–Trinajstić information content (AvgIpc) is 3.29. The summed E-state index contributed by atoms with van der Waals surface area (Å²) >= 11 is 0. The first-order valence-corrected chi connectivity index (χ1v) is 27.8. The number of aliphatic hydroxyl groups is 6. The first kappa shape index (κ1) is 61.2. The lowest BCUT2D eigenvalue weighted by Crippen LogP contribution is -2.60. The van der Waals surface area contributed by atoms with Gasteiger partial charge >= 0.3 is 0 Å². The van der Waals surface area contributed by atoms with Crippen LogP contribution in [0.5, 0.6) is 0 Å². The number of hydrogen-bond acceptors (Lipinski definition) is 9. The number of amides is 1. The first-order chi connectivity index (χ1) is 31.3. The van der Waals surface area contributed by atoms with E-state index in [0.717, 1.165) is 38.5 Å². The van der Waals surface area contributed by atoms with Crippen molar-refractivity contribution in [1.82, 2.24) is 5.32 Å².